The largest absolute Gasteiger partial charge is 0.487 e. The Morgan fingerprint density at radius 1 is 0.800 bits per heavy atom. The van der Waals surface area contributed by atoms with Crippen molar-refractivity contribution < 1.29 is 9.13 Å². The predicted octanol–water partition coefficient (Wildman–Crippen LogP) is 7.26. The van der Waals surface area contributed by atoms with Crippen LogP contribution in [0.15, 0.2) is 97.7 Å². The van der Waals surface area contributed by atoms with Crippen LogP contribution in [0.1, 0.15) is 11.1 Å². The van der Waals surface area contributed by atoms with Crippen LogP contribution in [0.25, 0.3) is 55.6 Å². The fraction of sp³-hybridized carbons (Fsp3) is 0.0625. The average molecular weight is 527 g/mol. The molecule has 2 aromatic carbocycles. The summed E-state index contributed by atoms with van der Waals surface area (Å²) in [5, 5.41) is 9.52. The van der Waals surface area contributed by atoms with Gasteiger partial charge in [0.2, 0.25) is 0 Å². The van der Waals surface area contributed by atoms with Crippen molar-refractivity contribution in [1.29, 1.82) is 0 Å². The number of aromatic amines is 2. The van der Waals surface area contributed by atoms with Crippen molar-refractivity contribution in [2.45, 2.75) is 13.5 Å². The normalized spacial score (nSPS) is 11.3. The number of nitrogens with one attached hydrogen (secondary N) is 2. The van der Waals surface area contributed by atoms with Gasteiger partial charge in [-0.2, -0.15) is 5.10 Å². The minimum atomic E-state index is -0.273. The molecule has 0 fully saturated rings. The molecular formula is C32H23FN6O. The number of pyridine rings is 3. The Balaban J connectivity index is 1.25. The van der Waals surface area contributed by atoms with Crippen LogP contribution in [0.4, 0.5) is 4.39 Å². The third kappa shape index (κ3) is 4.45. The maximum Gasteiger partial charge on any atom is 0.138 e. The second kappa shape index (κ2) is 9.74. The molecule has 5 aromatic heterocycles. The SMILES string of the molecule is Cc1cc(F)cc(-c2cncc3[nH]c(-c4n[nH]c5cnc(-c6cncc(OCc7ccccc7)c6)cc45)cc23)c1. The highest BCUT2D eigenvalue weighted by Crippen LogP contribution is 2.35. The van der Waals surface area contributed by atoms with E-state index in [1.165, 1.54) is 12.1 Å². The zero-order chi connectivity index (χ0) is 27.1. The van der Waals surface area contributed by atoms with Crippen LogP contribution in [-0.4, -0.2) is 30.1 Å². The van der Waals surface area contributed by atoms with Gasteiger partial charge >= 0.3 is 0 Å². The minimum Gasteiger partial charge on any atom is -0.487 e. The molecule has 0 bridgehead atoms. The van der Waals surface area contributed by atoms with Gasteiger partial charge in [0.05, 0.1) is 41.0 Å². The Kier molecular flexibility index (Phi) is 5.78. The van der Waals surface area contributed by atoms with Crippen LogP contribution in [0, 0.1) is 12.7 Å². The van der Waals surface area contributed by atoms with E-state index in [-0.39, 0.29) is 5.82 Å². The second-order valence-electron chi connectivity index (χ2n) is 9.72. The molecule has 7 aromatic rings. The van der Waals surface area contributed by atoms with Crippen LogP contribution < -0.4 is 4.74 Å². The molecule has 40 heavy (non-hydrogen) atoms. The molecule has 0 aliphatic rings. The number of aryl methyl sites for hydroxylation is 1. The summed E-state index contributed by atoms with van der Waals surface area (Å²) in [5.74, 6) is 0.393. The van der Waals surface area contributed by atoms with Gasteiger partial charge < -0.3 is 9.72 Å². The van der Waals surface area contributed by atoms with Crippen molar-refractivity contribution in [2.75, 3.05) is 0 Å². The molecule has 0 aliphatic heterocycles. The molecule has 0 saturated carbocycles. The van der Waals surface area contributed by atoms with Gasteiger partial charge in [0, 0.05) is 34.3 Å². The summed E-state index contributed by atoms with van der Waals surface area (Å²) in [6, 6.07) is 21.0. The van der Waals surface area contributed by atoms with E-state index in [4.69, 9.17) is 4.74 Å². The summed E-state index contributed by atoms with van der Waals surface area (Å²) < 4.78 is 20.2. The van der Waals surface area contributed by atoms with Gasteiger partial charge in [-0.1, -0.05) is 36.4 Å². The lowest BCUT2D eigenvalue weighted by Gasteiger charge is -2.08. The van der Waals surface area contributed by atoms with Crippen LogP contribution in [-0.2, 0) is 6.61 Å². The third-order valence-electron chi connectivity index (χ3n) is 6.86. The second-order valence-corrected chi connectivity index (χ2v) is 9.72. The molecule has 5 heterocycles. The standard InChI is InChI=1S/C32H23FN6O/c1-19-7-21(9-23(33)8-19)27-15-35-16-30-25(27)11-29(37-30)32-26-12-28(36-17-31(26)38-39-32)22-10-24(14-34-13-22)40-18-20-5-3-2-4-6-20/h2-17,37H,18H2,1H3,(H,38,39). The smallest absolute Gasteiger partial charge is 0.138 e. The molecule has 0 atom stereocenters. The Labute approximate surface area is 228 Å². The highest BCUT2D eigenvalue weighted by Gasteiger charge is 2.16. The van der Waals surface area contributed by atoms with E-state index in [1.807, 2.05) is 61.5 Å². The van der Waals surface area contributed by atoms with E-state index >= 15 is 0 Å². The summed E-state index contributed by atoms with van der Waals surface area (Å²) in [6.45, 7) is 2.33. The third-order valence-corrected chi connectivity index (χ3v) is 6.86. The number of hydrogen-bond acceptors (Lipinski definition) is 5. The highest BCUT2D eigenvalue weighted by molar-refractivity contribution is 6.01. The van der Waals surface area contributed by atoms with Crippen LogP contribution >= 0.6 is 0 Å². The van der Waals surface area contributed by atoms with Crippen molar-refractivity contribution in [3.8, 4) is 39.5 Å². The van der Waals surface area contributed by atoms with Gasteiger partial charge in [0.15, 0.2) is 0 Å². The Bertz CT molecular complexity index is 1980. The molecule has 0 unspecified atom stereocenters. The van der Waals surface area contributed by atoms with Crippen molar-refractivity contribution in [3.63, 3.8) is 0 Å². The van der Waals surface area contributed by atoms with E-state index in [2.05, 4.69) is 30.1 Å². The number of hydrogen-bond donors (Lipinski definition) is 2. The minimum absolute atomic E-state index is 0.273. The number of H-pyrrole nitrogens is 2. The number of fused-ring (bicyclic) bond motifs is 2. The lowest BCUT2D eigenvalue weighted by atomic mass is 10.0. The van der Waals surface area contributed by atoms with Gasteiger partial charge in [-0.15, -0.1) is 0 Å². The van der Waals surface area contributed by atoms with Crippen molar-refractivity contribution >= 4 is 21.8 Å². The van der Waals surface area contributed by atoms with E-state index in [0.29, 0.717) is 12.4 Å². The van der Waals surface area contributed by atoms with E-state index < -0.39 is 0 Å². The first-order valence-corrected chi connectivity index (χ1v) is 12.8. The summed E-state index contributed by atoms with van der Waals surface area (Å²) in [7, 11) is 0. The van der Waals surface area contributed by atoms with Gasteiger partial charge in [0.25, 0.3) is 0 Å². The first-order chi connectivity index (χ1) is 19.6. The summed E-state index contributed by atoms with van der Waals surface area (Å²) >= 11 is 0. The molecular weight excluding hydrogens is 503 g/mol. The van der Waals surface area contributed by atoms with Crippen LogP contribution in [0.5, 0.6) is 5.75 Å². The van der Waals surface area contributed by atoms with Gasteiger partial charge in [-0.25, -0.2) is 4.39 Å². The predicted molar refractivity (Wildman–Crippen MR) is 153 cm³/mol. The van der Waals surface area contributed by atoms with Crippen LogP contribution in [0.2, 0.25) is 0 Å². The van der Waals surface area contributed by atoms with E-state index in [0.717, 1.165) is 66.7 Å². The molecule has 0 spiro atoms. The molecule has 0 radical (unpaired) electrons. The monoisotopic (exact) mass is 526 g/mol. The molecule has 0 aliphatic carbocycles. The maximum atomic E-state index is 14.2. The quantitative estimate of drug-likeness (QED) is 0.238. The van der Waals surface area contributed by atoms with E-state index in [9.17, 15) is 4.39 Å². The average Bonchev–Trinajstić information content (AvgIpc) is 3.60. The number of ether oxygens (including phenoxy) is 1. The summed E-state index contributed by atoms with van der Waals surface area (Å²) in [4.78, 5) is 16.8. The van der Waals surface area contributed by atoms with Gasteiger partial charge in [-0.05, 0) is 53.9 Å². The molecule has 7 rings (SSSR count). The van der Waals surface area contributed by atoms with Crippen molar-refractivity contribution in [2.24, 2.45) is 0 Å². The summed E-state index contributed by atoms with van der Waals surface area (Å²) in [6.07, 6.45) is 8.76. The zero-order valence-corrected chi connectivity index (χ0v) is 21.5. The summed E-state index contributed by atoms with van der Waals surface area (Å²) in [5.41, 5.74) is 8.37. The molecule has 0 amide bonds. The van der Waals surface area contributed by atoms with Crippen molar-refractivity contribution in [1.82, 2.24) is 30.1 Å². The zero-order valence-electron chi connectivity index (χ0n) is 21.5. The fourth-order valence-corrected chi connectivity index (χ4v) is 4.96. The lowest BCUT2D eigenvalue weighted by molar-refractivity contribution is 0.305. The van der Waals surface area contributed by atoms with Gasteiger partial charge in [-0.3, -0.25) is 20.1 Å². The Morgan fingerprint density at radius 3 is 2.55 bits per heavy atom. The number of halogens is 1. The molecule has 0 saturated heterocycles. The fourth-order valence-electron chi connectivity index (χ4n) is 4.96. The topological polar surface area (TPSA) is 92.4 Å². The Hall–Kier alpha value is -5.37. The van der Waals surface area contributed by atoms with Crippen LogP contribution in [0.3, 0.4) is 0 Å². The number of nitrogens with zero attached hydrogens (tertiary/aromatic N) is 4. The van der Waals surface area contributed by atoms with Crippen molar-refractivity contribution in [3.05, 3.63) is 115 Å². The number of aromatic nitrogens is 6. The first kappa shape index (κ1) is 23.7. The maximum absolute atomic E-state index is 14.2. The first-order valence-electron chi connectivity index (χ1n) is 12.8. The van der Waals surface area contributed by atoms with E-state index in [1.54, 1.807) is 31.0 Å². The number of rotatable bonds is 6. The highest BCUT2D eigenvalue weighted by atomic mass is 19.1. The lowest BCUT2D eigenvalue weighted by Crippen LogP contribution is -1.96. The molecule has 7 nitrogen and oxygen atoms in total. The Morgan fingerprint density at radius 2 is 1.68 bits per heavy atom. The van der Waals surface area contributed by atoms with Gasteiger partial charge in [0.1, 0.15) is 23.9 Å². The molecule has 8 heteroatoms. The molecule has 2 N–H and O–H groups in total. The molecule has 194 valence electrons. The number of benzene rings is 2.